The fraction of sp³-hybridized carbons (Fsp3) is 0.370. The Morgan fingerprint density at radius 1 is 1.07 bits per heavy atom. The molecule has 0 saturated carbocycles. The first-order valence-corrected chi connectivity index (χ1v) is 16.3. The lowest BCUT2D eigenvalue weighted by Gasteiger charge is -2.37. The van der Waals surface area contributed by atoms with Crippen LogP contribution >= 0.6 is 22.9 Å². The molecule has 10 nitrogen and oxygen atoms in total. The number of hydrogen-bond acceptors (Lipinski definition) is 10. The second-order valence-electron chi connectivity index (χ2n) is 10.1. The van der Waals surface area contributed by atoms with E-state index in [-0.39, 0.29) is 16.5 Å². The van der Waals surface area contributed by atoms with Crippen molar-refractivity contribution in [2.24, 2.45) is 0 Å². The molecule has 13 heteroatoms. The van der Waals surface area contributed by atoms with Crippen LogP contribution in [0, 0.1) is 0 Å². The number of sulfone groups is 1. The number of aromatic amines is 1. The van der Waals surface area contributed by atoms with Crippen molar-refractivity contribution in [1.29, 1.82) is 0 Å². The van der Waals surface area contributed by atoms with E-state index >= 15 is 0 Å². The fourth-order valence-corrected chi connectivity index (χ4v) is 7.22. The smallest absolute Gasteiger partial charge is 0.264 e. The first-order chi connectivity index (χ1) is 19.3. The Morgan fingerprint density at radius 3 is 2.55 bits per heavy atom. The van der Waals surface area contributed by atoms with Crippen LogP contribution in [0.2, 0.25) is 5.02 Å². The molecule has 4 aromatic rings. The number of aromatic nitrogens is 3. The second-order valence-corrected chi connectivity index (χ2v) is 13.6. The van der Waals surface area contributed by atoms with E-state index in [0.29, 0.717) is 53.5 Å². The molecule has 4 heterocycles. The summed E-state index contributed by atoms with van der Waals surface area (Å²) in [5, 5.41) is 8.00. The summed E-state index contributed by atoms with van der Waals surface area (Å²) < 4.78 is 24.8. The molecule has 6 rings (SSSR count). The lowest BCUT2D eigenvalue weighted by molar-refractivity contribution is 0.479. The molecule has 2 aliphatic rings. The molecule has 2 fully saturated rings. The normalized spacial score (nSPS) is 18.3. The number of nitrogens with zero attached hydrogens (tertiary/aromatic N) is 4. The molecule has 2 aliphatic heterocycles. The zero-order valence-corrected chi connectivity index (χ0v) is 24.4. The Morgan fingerprint density at radius 2 is 1.85 bits per heavy atom. The maximum absolute atomic E-state index is 13.6. The van der Waals surface area contributed by atoms with Crippen LogP contribution in [0.5, 0.6) is 0 Å². The molecule has 0 radical (unpaired) electrons. The second kappa shape index (κ2) is 11.0. The van der Waals surface area contributed by atoms with Crippen molar-refractivity contribution in [3.05, 3.63) is 57.8 Å². The van der Waals surface area contributed by atoms with Gasteiger partial charge in [-0.2, -0.15) is 4.98 Å². The van der Waals surface area contributed by atoms with Crippen LogP contribution in [-0.4, -0.2) is 74.9 Å². The number of piperidine rings is 1. The van der Waals surface area contributed by atoms with Crippen LogP contribution in [0.4, 0.5) is 17.5 Å². The summed E-state index contributed by atoms with van der Waals surface area (Å²) in [6, 6.07) is 12.9. The predicted octanol–water partition coefficient (Wildman–Crippen LogP) is 3.59. The van der Waals surface area contributed by atoms with Crippen LogP contribution < -0.4 is 26.0 Å². The zero-order chi connectivity index (χ0) is 27.9. The van der Waals surface area contributed by atoms with E-state index in [1.54, 1.807) is 12.1 Å². The van der Waals surface area contributed by atoms with Crippen LogP contribution in [0.3, 0.4) is 0 Å². The van der Waals surface area contributed by atoms with E-state index in [0.717, 1.165) is 41.8 Å². The number of para-hydroxylation sites is 1. The van der Waals surface area contributed by atoms with Crippen LogP contribution in [-0.2, 0) is 9.84 Å². The maximum Gasteiger partial charge on any atom is 0.264 e. The van der Waals surface area contributed by atoms with Gasteiger partial charge in [0.05, 0.1) is 25.8 Å². The van der Waals surface area contributed by atoms with Gasteiger partial charge >= 0.3 is 0 Å². The maximum atomic E-state index is 13.6. The quantitative estimate of drug-likeness (QED) is 0.305. The minimum Gasteiger partial charge on any atom is -0.367 e. The monoisotopic (exact) mass is 599 g/mol. The van der Waals surface area contributed by atoms with Gasteiger partial charge in [-0.1, -0.05) is 23.7 Å². The zero-order valence-electron chi connectivity index (χ0n) is 22.0. The number of benzene rings is 2. The van der Waals surface area contributed by atoms with Gasteiger partial charge < -0.3 is 20.4 Å². The van der Waals surface area contributed by atoms with Crippen LogP contribution in [0.15, 0.2) is 52.2 Å². The highest BCUT2D eigenvalue weighted by Crippen LogP contribution is 2.33. The Bertz CT molecular complexity index is 1680. The summed E-state index contributed by atoms with van der Waals surface area (Å²) >= 11 is 7.95. The number of rotatable bonds is 6. The molecule has 0 spiro atoms. The van der Waals surface area contributed by atoms with Gasteiger partial charge in [0.2, 0.25) is 5.95 Å². The average Bonchev–Trinajstić information content (AvgIpc) is 3.37. The molecular formula is C27H30ClN7O3S2. The lowest BCUT2D eigenvalue weighted by atomic mass is 10.1. The van der Waals surface area contributed by atoms with Gasteiger partial charge in [0.1, 0.15) is 16.4 Å². The highest BCUT2D eigenvalue weighted by atomic mass is 35.5. The Labute approximate surface area is 241 Å². The summed E-state index contributed by atoms with van der Waals surface area (Å²) in [7, 11) is -3.33. The number of fused-ring (bicyclic) bond motifs is 1. The number of H-pyrrole nitrogens is 1. The van der Waals surface area contributed by atoms with Crippen LogP contribution in [0.1, 0.15) is 12.8 Å². The van der Waals surface area contributed by atoms with Crippen molar-refractivity contribution in [3.8, 4) is 10.6 Å². The number of hydrogen-bond donors (Lipinski definition) is 3. The van der Waals surface area contributed by atoms with Gasteiger partial charge in [-0.15, -0.1) is 11.3 Å². The SMILES string of the molecule is CS(=O)(=O)c1ccc(N2CCN(c3nc(N[C@@H]4CCCNC4)c(-c4nc5ccccc5s4)c(=O)[nH]3)CC2)c(Cl)c1. The minimum atomic E-state index is -3.33. The fourth-order valence-electron chi connectivity index (χ4n) is 5.20. The Balaban J connectivity index is 1.27. The average molecular weight is 600 g/mol. The third kappa shape index (κ3) is 5.53. The van der Waals surface area contributed by atoms with Crippen molar-refractivity contribution in [3.63, 3.8) is 0 Å². The summed E-state index contributed by atoms with van der Waals surface area (Å²) in [5.74, 6) is 1.06. The number of nitrogens with one attached hydrogen (secondary N) is 3. The van der Waals surface area contributed by atoms with Gasteiger partial charge in [0.25, 0.3) is 5.56 Å². The molecule has 210 valence electrons. The van der Waals surface area contributed by atoms with Crippen molar-refractivity contribution in [2.75, 3.05) is 60.6 Å². The minimum absolute atomic E-state index is 0.165. The van der Waals surface area contributed by atoms with Crippen LogP contribution in [0.25, 0.3) is 20.8 Å². The molecule has 0 aliphatic carbocycles. The molecule has 2 aromatic carbocycles. The largest absolute Gasteiger partial charge is 0.367 e. The number of thiazole rings is 1. The Kier molecular flexibility index (Phi) is 7.43. The van der Waals surface area contributed by atoms with Crippen molar-refractivity contribution >= 4 is 60.4 Å². The third-order valence-corrected chi connectivity index (χ3v) is 9.79. The lowest BCUT2D eigenvalue weighted by Crippen LogP contribution is -2.47. The van der Waals surface area contributed by atoms with Gasteiger partial charge in [0, 0.05) is 45.0 Å². The summed E-state index contributed by atoms with van der Waals surface area (Å²) in [6.45, 7) is 4.28. The van der Waals surface area contributed by atoms with E-state index in [1.165, 1.54) is 23.7 Å². The van der Waals surface area contributed by atoms with Gasteiger partial charge in [-0.3, -0.25) is 9.78 Å². The summed E-state index contributed by atoms with van der Waals surface area (Å²) in [4.78, 5) is 30.6. The van der Waals surface area contributed by atoms with E-state index in [9.17, 15) is 13.2 Å². The van der Waals surface area contributed by atoms with Crippen molar-refractivity contribution in [1.82, 2.24) is 20.3 Å². The number of piperazine rings is 1. The van der Waals surface area contributed by atoms with Gasteiger partial charge in [-0.05, 0) is 49.7 Å². The first kappa shape index (κ1) is 27.0. The molecule has 0 unspecified atom stereocenters. The molecule has 40 heavy (non-hydrogen) atoms. The van der Waals surface area contributed by atoms with Gasteiger partial charge in [-0.25, -0.2) is 13.4 Å². The van der Waals surface area contributed by atoms with E-state index in [4.69, 9.17) is 21.6 Å². The topological polar surface area (TPSA) is 123 Å². The molecular weight excluding hydrogens is 570 g/mol. The summed E-state index contributed by atoms with van der Waals surface area (Å²) in [6.07, 6.45) is 3.22. The predicted molar refractivity (Wildman–Crippen MR) is 162 cm³/mol. The number of anilines is 3. The molecule has 3 N–H and O–H groups in total. The Hall–Kier alpha value is -3.19. The number of halogens is 1. The third-order valence-electron chi connectivity index (χ3n) is 7.32. The van der Waals surface area contributed by atoms with Crippen molar-refractivity contribution < 1.29 is 8.42 Å². The molecule has 1 atom stereocenters. The van der Waals surface area contributed by atoms with Gasteiger partial charge in [0.15, 0.2) is 9.84 Å². The molecule has 2 saturated heterocycles. The summed E-state index contributed by atoms with van der Waals surface area (Å²) in [5.41, 5.74) is 1.88. The molecule has 2 aromatic heterocycles. The first-order valence-electron chi connectivity index (χ1n) is 13.2. The standard InChI is InChI=1S/C27H30ClN7O3S2/c1-40(37,38)18-8-9-21(19(28)15-18)34-11-13-35(14-12-34)27-32-24(30-17-5-4-10-29-16-17)23(25(36)33-27)26-31-20-6-2-3-7-22(20)39-26/h2-3,6-9,15,17,29H,4-5,10-14,16H2,1H3,(H2,30,32,33,36)/t17-/m1/s1. The highest BCUT2D eigenvalue weighted by molar-refractivity contribution is 7.90. The highest BCUT2D eigenvalue weighted by Gasteiger charge is 2.26. The van der Waals surface area contributed by atoms with E-state index in [1.807, 2.05) is 24.3 Å². The molecule has 0 amide bonds. The molecule has 0 bridgehead atoms. The van der Waals surface area contributed by atoms with Crippen molar-refractivity contribution in [2.45, 2.75) is 23.8 Å². The van der Waals surface area contributed by atoms with E-state index in [2.05, 4.69) is 25.4 Å². The van der Waals surface area contributed by atoms with E-state index < -0.39 is 9.84 Å².